The molecule has 1 amide bonds. The van der Waals surface area contributed by atoms with E-state index in [1.54, 1.807) is 11.3 Å². The van der Waals surface area contributed by atoms with E-state index in [9.17, 15) is 4.79 Å². The Morgan fingerprint density at radius 1 is 1.43 bits per heavy atom. The molecule has 1 fully saturated rings. The average Bonchev–Trinajstić information content (AvgIpc) is 2.93. The topological polar surface area (TPSA) is 45.2 Å². The molecule has 1 aliphatic heterocycles. The average molecular weight is 301 g/mol. The molecule has 21 heavy (non-hydrogen) atoms. The van der Waals surface area contributed by atoms with Gasteiger partial charge in [0.15, 0.2) is 0 Å². The van der Waals surface area contributed by atoms with Crippen molar-refractivity contribution in [3.8, 4) is 0 Å². The zero-order valence-electron chi connectivity index (χ0n) is 12.1. The quantitative estimate of drug-likeness (QED) is 0.945. The summed E-state index contributed by atoms with van der Waals surface area (Å²) in [6.45, 7) is 4.38. The number of aryl methyl sites for hydroxylation is 1. The van der Waals surface area contributed by atoms with Crippen LogP contribution in [-0.2, 0) is 11.2 Å². The van der Waals surface area contributed by atoms with E-state index in [1.165, 1.54) is 5.56 Å². The zero-order chi connectivity index (χ0) is 14.7. The molecule has 1 aliphatic rings. The molecule has 0 bridgehead atoms. The Bertz CT molecular complexity index is 611. The Morgan fingerprint density at radius 2 is 2.24 bits per heavy atom. The molecule has 3 rings (SSSR count). The van der Waals surface area contributed by atoms with E-state index >= 15 is 0 Å². The van der Waals surface area contributed by atoms with Crippen LogP contribution in [0.1, 0.15) is 22.3 Å². The van der Waals surface area contributed by atoms with Gasteiger partial charge in [0, 0.05) is 25.0 Å². The third kappa shape index (κ3) is 3.31. The number of hydrogen-bond donors (Lipinski definition) is 1. The summed E-state index contributed by atoms with van der Waals surface area (Å²) in [6, 6.07) is 10.3. The van der Waals surface area contributed by atoms with Crippen LogP contribution in [0.5, 0.6) is 0 Å². The van der Waals surface area contributed by atoms with E-state index < -0.39 is 0 Å². The number of piperazine rings is 1. The Balaban J connectivity index is 1.76. The van der Waals surface area contributed by atoms with E-state index in [2.05, 4.69) is 22.4 Å². The summed E-state index contributed by atoms with van der Waals surface area (Å²) in [5, 5.41) is 6.37. The van der Waals surface area contributed by atoms with Crippen LogP contribution in [0.3, 0.4) is 0 Å². The van der Waals surface area contributed by atoms with Crippen molar-refractivity contribution < 1.29 is 4.79 Å². The van der Waals surface area contributed by atoms with Crippen LogP contribution in [0.2, 0.25) is 0 Å². The molecular weight excluding hydrogens is 282 g/mol. The first-order valence-electron chi connectivity index (χ1n) is 7.20. The fourth-order valence-corrected chi connectivity index (χ4v) is 3.33. The van der Waals surface area contributed by atoms with Gasteiger partial charge in [-0.1, -0.05) is 30.3 Å². The monoisotopic (exact) mass is 301 g/mol. The van der Waals surface area contributed by atoms with E-state index in [0.717, 1.165) is 30.3 Å². The van der Waals surface area contributed by atoms with Gasteiger partial charge in [-0.05, 0) is 12.5 Å². The first-order chi connectivity index (χ1) is 10.2. The van der Waals surface area contributed by atoms with Gasteiger partial charge in [-0.3, -0.25) is 4.79 Å². The SMILES string of the molecule is Cc1nc(CC(=O)N2CCNCC2c2ccccc2)cs1. The molecule has 110 valence electrons. The smallest absolute Gasteiger partial charge is 0.229 e. The number of rotatable bonds is 3. The Hall–Kier alpha value is -1.72. The van der Waals surface area contributed by atoms with Gasteiger partial charge in [0.2, 0.25) is 5.91 Å². The molecule has 1 aromatic carbocycles. The van der Waals surface area contributed by atoms with Crippen molar-refractivity contribution in [3.63, 3.8) is 0 Å². The van der Waals surface area contributed by atoms with Crippen molar-refractivity contribution in [1.29, 1.82) is 0 Å². The highest BCUT2D eigenvalue weighted by Crippen LogP contribution is 2.23. The lowest BCUT2D eigenvalue weighted by molar-refractivity contribution is -0.133. The largest absolute Gasteiger partial charge is 0.333 e. The molecule has 1 atom stereocenters. The van der Waals surface area contributed by atoms with E-state index in [4.69, 9.17) is 0 Å². The molecule has 0 saturated carbocycles. The first-order valence-corrected chi connectivity index (χ1v) is 8.08. The van der Waals surface area contributed by atoms with Gasteiger partial charge in [-0.15, -0.1) is 11.3 Å². The van der Waals surface area contributed by atoms with E-state index in [1.807, 2.05) is 35.4 Å². The van der Waals surface area contributed by atoms with Crippen LogP contribution >= 0.6 is 11.3 Å². The van der Waals surface area contributed by atoms with Crippen LogP contribution in [-0.4, -0.2) is 35.4 Å². The summed E-state index contributed by atoms with van der Waals surface area (Å²) in [4.78, 5) is 19.0. The molecule has 4 nitrogen and oxygen atoms in total. The lowest BCUT2D eigenvalue weighted by Crippen LogP contribution is -2.49. The van der Waals surface area contributed by atoms with Crippen molar-refractivity contribution in [3.05, 3.63) is 52.0 Å². The number of thiazole rings is 1. The minimum atomic E-state index is 0.118. The van der Waals surface area contributed by atoms with Crippen LogP contribution in [0.15, 0.2) is 35.7 Å². The van der Waals surface area contributed by atoms with Crippen molar-refractivity contribution in [1.82, 2.24) is 15.2 Å². The first kappa shape index (κ1) is 14.2. The third-order valence-electron chi connectivity index (χ3n) is 3.75. The maximum absolute atomic E-state index is 12.6. The molecule has 0 radical (unpaired) electrons. The lowest BCUT2D eigenvalue weighted by Gasteiger charge is -2.36. The van der Waals surface area contributed by atoms with Gasteiger partial charge in [-0.2, -0.15) is 0 Å². The summed E-state index contributed by atoms with van der Waals surface area (Å²) >= 11 is 1.60. The normalized spacial score (nSPS) is 18.7. The van der Waals surface area contributed by atoms with Crippen molar-refractivity contribution >= 4 is 17.2 Å². The maximum atomic E-state index is 12.6. The Labute approximate surface area is 128 Å². The van der Waals surface area contributed by atoms with Gasteiger partial charge in [-0.25, -0.2) is 4.98 Å². The second kappa shape index (κ2) is 6.37. The second-order valence-electron chi connectivity index (χ2n) is 5.25. The summed E-state index contributed by atoms with van der Waals surface area (Å²) in [5.41, 5.74) is 2.07. The predicted octanol–water partition coefficient (Wildman–Crippen LogP) is 2.17. The standard InChI is InChI=1S/C16H19N3OS/c1-12-18-14(11-21-12)9-16(20)19-8-7-17-10-15(19)13-5-3-2-4-6-13/h2-6,11,15,17H,7-10H2,1H3. The minimum Gasteiger partial charge on any atom is -0.333 e. The molecule has 2 heterocycles. The highest BCUT2D eigenvalue weighted by atomic mass is 32.1. The lowest BCUT2D eigenvalue weighted by atomic mass is 10.0. The molecule has 1 saturated heterocycles. The van der Waals surface area contributed by atoms with Crippen LogP contribution in [0.25, 0.3) is 0 Å². The van der Waals surface area contributed by atoms with Crippen LogP contribution in [0, 0.1) is 6.92 Å². The molecule has 1 unspecified atom stereocenters. The molecule has 1 N–H and O–H groups in total. The summed E-state index contributed by atoms with van der Waals surface area (Å²) in [7, 11) is 0. The zero-order valence-corrected chi connectivity index (χ0v) is 12.9. The number of carbonyl (C=O) groups is 1. The van der Waals surface area contributed by atoms with Crippen LogP contribution in [0.4, 0.5) is 0 Å². The highest BCUT2D eigenvalue weighted by molar-refractivity contribution is 7.09. The van der Waals surface area contributed by atoms with Gasteiger partial charge < -0.3 is 10.2 Å². The molecule has 1 aromatic heterocycles. The summed E-state index contributed by atoms with van der Waals surface area (Å²) in [6.07, 6.45) is 0.397. The maximum Gasteiger partial charge on any atom is 0.229 e. The number of hydrogen-bond acceptors (Lipinski definition) is 4. The van der Waals surface area contributed by atoms with E-state index in [-0.39, 0.29) is 11.9 Å². The fourth-order valence-electron chi connectivity index (χ4n) is 2.72. The van der Waals surface area contributed by atoms with Crippen molar-refractivity contribution in [2.24, 2.45) is 0 Å². The summed E-state index contributed by atoms with van der Waals surface area (Å²) in [5.74, 6) is 0.163. The molecule has 2 aromatic rings. The number of carbonyl (C=O) groups excluding carboxylic acids is 1. The molecule has 0 aliphatic carbocycles. The van der Waals surface area contributed by atoms with Gasteiger partial charge >= 0.3 is 0 Å². The second-order valence-corrected chi connectivity index (χ2v) is 6.31. The van der Waals surface area contributed by atoms with Gasteiger partial charge in [0.05, 0.1) is 23.2 Å². The van der Waals surface area contributed by atoms with Gasteiger partial charge in [0.1, 0.15) is 0 Å². The van der Waals surface area contributed by atoms with Crippen LogP contribution < -0.4 is 5.32 Å². The number of amides is 1. The van der Waals surface area contributed by atoms with Crippen molar-refractivity contribution in [2.75, 3.05) is 19.6 Å². The Kier molecular flexibility index (Phi) is 4.31. The highest BCUT2D eigenvalue weighted by Gasteiger charge is 2.27. The van der Waals surface area contributed by atoms with Gasteiger partial charge in [0.25, 0.3) is 0 Å². The minimum absolute atomic E-state index is 0.118. The fraction of sp³-hybridized carbons (Fsp3) is 0.375. The number of nitrogens with one attached hydrogen (secondary N) is 1. The van der Waals surface area contributed by atoms with E-state index in [0.29, 0.717) is 6.42 Å². The summed E-state index contributed by atoms with van der Waals surface area (Å²) < 4.78 is 0. The van der Waals surface area contributed by atoms with Crippen molar-refractivity contribution in [2.45, 2.75) is 19.4 Å². The molecule has 0 spiro atoms. The molecular formula is C16H19N3OS. The molecule has 5 heteroatoms. The third-order valence-corrected chi connectivity index (χ3v) is 4.57. The Morgan fingerprint density at radius 3 is 2.95 bits per heavy atom. The predicted molar refractivity (Wildman–Crippen MR) is 84.3 cm³/mol. The number of benzene rings is 1. The number of aromatic nitrogens is 1. The number of nitrogens with zero attached hydrogens (tertiary/aromatic N) is 2.